The standard InChI is InChI=1S/C30H26FN5O2/c31-21-6-7-25-26(24-4-2-1-3-20(24)16-38-29(25)13-21)11-19-5-8-28-27(12-19)34-30(33-18-32)36(28)22-14-23-17-37-10-9-35(23)15-22/h1-8,11-13,22-23H,9-10,14-17H2,(H,33,34)/t22-,23-/m0/s1. The minimum Gasteiger partial charge on any atom is -0.488 e. The Bertz CT molecular complexity index is 1610. The lowest BCUT2D eigenvalue weighted by atomic mass is 9.92. The summed E-state index contributed by atoms with van der Waals surface area (Å²) in [5.41, 5.74) is 6.68. The number of imidazole rings is 1. The molecule has 38 heavy (non-hydrogen) atoms. The molecule has 4 heterocycles. The van der Waals surface area contributed by atoms with E-state index in [-0.39, 0.29) is 11.9 Å². The quantitative estimate of drug-likeness (QED) is 0.304. The van der Waals surface area contributed by atoms with Gasteiger partial charge in [0.1, 0.15) is 18.2 Å². The Morgan fingerprint density at radius 2 is 2.00 bits per heavy atom. The maximum atomic E-state index is 14.1. The van der Waals surface area contributed by atoms with Crippen molar-refractivity contribution in [3.05, 3.63) is 88.7 Å². The van der Waals surface area contributed by atoms with Crippen LogP contribution in [0, 0.1) is 17.3 Å². The van der Waals surface area contributed by atoms with Crippen molar-refractivity contribution in [3.8, 4) is 11.9 Å². The number of aromatic nitrogens is 2. The van der Waals surface area contributed by atoms with Gasteiger partial charge in [0.15, 0.2) is 6.19 Å². The first-order chi connectivity index (χ1) is 18.7. The molecular formula is C30H26FN5O2. The van der Waals surface area contributed by atoms with Gasteiger partial charge in [-0.2, -0.15) is 5.26 Å². The Balaban J connectivity index is 1.33. The average molecular weight is 508 g/mol. The van der Waals surface area contributed by atoms with Gasteiger partial charge in [-0.05, 0) is 59.0 Å². The largest absolute Gasteiger partial charge is 0.488 e. The summed E-state index contributed by atoms with van der Waals surface area (Å²) in [4.78, 5) is 7.29. The van der Waals surface area contributed by atoms with Crippen molar-refractivity contribution in [1.29, 1.82) is 5.26 Å². The molecule has 1 N–H and O–H groups in total. The number of nitrogens with zero attached hydrogens (tertiary/aromatic N) is 4. The summed E-state index contributed by atoms with van der Waals surface area (Å²) in [6.45, 7) is 3.73. The van der Waals surface area contributed by atoms with Crippen LogP contribution in [0.2, 0.25) is 0 Å². The molecule has 0 spiro atoms. The molecule has 2 atom stereocenters. The predicted molar refractivity (Wildman–Crippen MR) is 143 cm³/mol. The molecule has 3 aliphatic heterocycles. The van der Waals surface area contributed by atoms with Gasteiger partial charge in [0.25, 0.3) is 0 Å². The van der Waals surface area contributed by atoms with Crippen LogP contribution in [0.5, 0.6) is 5.75 Å². The van der Waals surface area contributed by atoms with Crippen LogP contribution in [0.25, 0.3) is 22.7 Å². The first-order valence-electron chi connectivity index (χ1n) is 12.9. The van der Waals surface area contributed by atoms with Crippen LogP contribution < -0.4 is 10.1 Å². The smallest absolute Gasteiger partial charge is 0.217 e. The van der Waals surface area contributed by atoms with Crippen molar-refractivity contribution in [2.75, 3.05) is 31.6 Å². The van der Waals surface area contributed by atoms with Crippen LogP contribution in [0.4, 0.5) is 10.3 Å². The van der Waals surface area contributed by atoms with Crippen LogP contribution in [0.15, 0.2) is 60.7 Å². The van der Waals surface area contributed by atoms with Crippen molar-refractivity contribution in [2.24, 2.45) is 0 Å². The van der Waals surface area contributed by atoms with Crippen LogP contribution in [0.1, 0.15) is 34.7 Å². The molecule has 1 aromatic heterocycles. The molecule has 2 fully saturated rings. The highest BCUT2D eigenvalue weighted by atomic mass is 19.1. The fraction of sp³-hybridized carbons (Fsp3) is 0.267. The second kappa shape index (κ2) is 9.28. The molecule has 0 radical (unpaired) electrons. The molecule has 2 saturated heterocycles. The highest BCUT2D eigenvalue weighted by molar-refractivity contribution is 5.96. The number of rotatable bonds is 3. The first kappa shape index (κ1) is 23.0. The Labute approximate surface area is 219 Å². The van der Waals surface area contributed by atoms with E-state index in [1.165, 1.54) is 12.1 Å². The number of halogens is 1. The zero-order valence-electron chi connectivity index (χ0n) is 20.7. The summed E-state index contributed by atoms with van der Waals surface area (Å²) in [6, 6.07) is 19.6. The molecule has 0 unspecified atom stereocenters. The normalized spacial score (nSPS) is 21.7. The van der Waals surface area contributed by atoms with E-state index in [0.29, 0.717) is 24.3 Å². The van der Waals surface area contributed by atoms with E-state index in [1.54, 1.807) is 6.07 Å². The van der Waals surface area contributed by atoms with E-state index < -0.39 is 0 Å². The Hall–Kier alpha value is -4.19. The minimum atomic E-state index is -0.326. The van der Waals surface area contributed by atoms with E-state index in [9.17, 15) is 9.65 Å². The molecule has 7 nitrogen and oxygen atoms in total. The second-order valence-electron chi connectivity index (χ2n) is 10.0. The molecule has 4 aromatic rings. The molecule has 8 heteroatoms. The third kappa shape index (κ3) is 3.92. The zero-order valence-corrected chi connectivity index (χ0v) is 20.7. The number of ether oxygens (including phenoxy) is 2. The second-order valence-corrected chi connectivity index (χ2v) is 10.0. The van der Waals surface area contributed by atoms with Gasteiger partial charge in [0, 0.05) is 30.8 Å². The van der Waals surface area contributed by atoms with Crippen LogP contribution >= 0.6 is 0 Å². The number of morpholine rings is 1. The van der Waals surface area contributed by atoms with Crippen molar-refractivity contribution >= 4 is 28.6 Å². The number of hydrogen-bond acceptors (Lipinski definition) is 6. The van der Waals surface area contributed by atoms with Crippen molar-refractivity contribution < 1.29 is 13.9 Å². The Morgan fingerprint density at radius 3 is 2.89 bits per heavy atom. The maximum Gasteiger partial charge on any atom is 0.217 e. The van der Waals surface area contributed by atoms with E-state index >= 15 is 0 Å². The summed E-state index contributed by atoms with van der Waals surface area (Å²) >= 11 is 0. The van der Waals surface area contributed by atoms with Gasteiger partial charge in [-0.15, -0.1) is 0 Å². The van der Waals surface area contributed by atoms with Gasteiger partial charge in [0.2, 0.25) is 5.95 Å². The van der Waals surface area contributed by atoms with Crippen LogP contribution in [-0.2, 0) is 11.3 Å². The van der Waals surface area contributed by atoms with Crippen LogP contribution in [0.3, 0.4) is 0 Å². The number of hydrogen-bond donors (Lipinski definition) is 1. The fourth-order valence-corrected chi connectivity index (χ4v) is 6.08. The van der Waals surface area contributed by atoms with Crippen molar-refractivity contribution in [1.82, 2.24) is 14.5 Å². The van der Waals surface area contributed by atoms with Gasteiger partial charge < -0.3 is 14.0 Å². The molecule has 7 rings (SSSR count). The molecular weight excluding hydrogens is 481 g/mol. The zero-order chi connectivity index (χ0) is 25.6. The SMILES string of the molecule is N#CNc1nc2cc(C=C3c4ccccc4COc4cc(F)ccc43)ccc2n1[C@H]1C[C@H]2COCCN2C1. The third-order valence-corrected chi connectivity index (χ3v) is 7.82. The lowest BCUT2D eigenvalue weighted by molar-refractivity contribution is 0.0128. The number of anilines is 1. The summed E-state index contributed by atoms with van der Waals surface area (Å²) in [5.74, 6) is 0.764. The highest BCUT2D eigenvalue weighted by Crippen LogP contribution is 2.39. The number of fused-ring (bicyclic) bond motifs is 4. The number of nitriles is 1. The molecule has 0 amide bonds. The lowest BCUT2D eigenvalue weighted by Gasteiger charge is -2.28. The van der Waals surface area contributed by atoms with Crippen molar-refractivity contribution in [3.63, 3.8) is 0 Å². The number of nitrogens with one attached hydrogen (secondary N) is 1. The summed E-state index contributed by atoms with van der Waals surface area (Å²) in [6.07, 6.45) is 5.12. The van der Waals surface area contributed by atoms with E-state index in [2.05, 4.69) is 45.3 Å². The predicted octanol–water partition coefficient (Wildman–Crippen LogP) is 5.20. The Kier molecular flexibility index (Phi) is 5.61. The molecule has 3 aromatic carbocycles. The average Bonchev–Trinajstić information content (AvgIpc) is 3.47. The minimum absolute atomic E-state index is 0.208. The van der Waals surface area contributed by atoms with Crippen LogP contribution in [-0.4, -0.2) is 46.8 Å². The maximum absolute atomic E-state index is 14.1. The van der Waals surface area contributed by atoms with Gasteiger partial charge in [0.05, 0.1) is 30.3 Å². The van der Waals surface area contributed by atoms with E-state index in [1.807, 2.05) is 24.3 Å². The molecule has 0 aliphatic carbocycles. The van der Waals surface area contributed by atoms with Gasteiger partial charge in [-0.25, -0.2) is 9.37 Å². The van der Waals surface area contributed by atoms with E-state index in [0.717, 1.165) is 71.6 Å². The monoisotopic (exact) mass is 507 g/mol. The van der Waals surface area contributed by atoms with Gasteiger partial charge in [-0.3, -0.25) is 10.2 Å². The summed E-state index contributed by atoms with van der Waals surface area (Å²) < 4.78 is 27.9. The molecule has 190 valence electrons. The summed E-state index contributed by atoms with van der Waals surface area (Å²) in [7, 11) is 0. The number of benzene rings is 3. The van der Waals surface area contributed by atoms with Gasteiger partial charge in [-0.1, -0.05) is 30.3 Å². The topological polar surface area (TPSA) is 75.3 Å². The molecule has 0 saturated carbocycles. The van der Waals surface area contributed by atoms with Crippen molar-refractivity contribution in [2.45, 2.75) is 25.1 Å². The fourth-order valence-electron chi connectivity index (χ4n) is 6.08. The first-order valence-corrected chi connectivity index (χ1v) is 12.9. The van der Waals surface area contributed by atoms with E-state index in [4.69, 9.17) is 14.5 Å². The van der Waals surface area contributed by atoms with Gasteiger partial charge >= 0.3 is 0 Å². The third-order valence-electron chi connectivity index (χ3n) is 7.82. The molecule has 0 bridgehead atoms. The summed E-state index contributed by atoms with van der Waals surface area (Å²) in [5, 5.41) is 12.2. The highest BCUT2D eigenvalue weighted by Gasteiger charge is 2.36. The molecule has 3 aliphatic rings. The Morgan fingerprint density at radius 1 is 1.08 bits per heavy atom. The lowest BCUT2D eigenvalue weighted by Crippen LogP contribution is -2.40.